The van der Waals surface area contributed by atoms with Gasteiger partial charge in [-0.25, -0.2) is 0 Å². The Balaban J connectivity index is 1.85. The monoisotopic (exact) mass is 243 g/mol. The average molecular weight is 243 g/mol. The Bertz CT molecular complexity index is 308. The van der Waals surface area contributed by atoms with Gasteiger partial charge in [-0.05, 0) is 6.42 Å². The number of aliphatic hydroxyl groups is 1. The summed E-state index contributed by atoms with van der Waals surface area (Å²) in [5, 5.41) is 12.5. The van der Waals surface area contributed by atoms with Crippen LogP contribution in [0.2, 0.25) is 0 Å². The number of nitrogens with zero attached hydrogens (tertiary/aromatic N) is 1. The summed E-state index contributed by atoms with van der Waals surface area (Å²) < 4.78 is 21.3. The molecule has 1 aromatic rings. The Morgan fingerprint density at radius 2 is 2.18 bits per heavy atom. The van der Waals surface area contributed by atoms with Crippen molar-refractivity contribution in [2.75, 3.05) is 33.0 Å². The zero-order valence-corrected chi connectivity index (χ0v) is 9.63. The highest BCUT2D eigenvalue weighted by Crippen LogP contribution is 2.34. The molecule has 6 nitrogen and oxygen atoms in total. The van der Waals surface area contributed by atoms with Crippen molar-refractivity contribution < 1.29 is 23.8 Å². The molecule has 1 fully saturated rings. The van der Waals surface area contributed by atoms with Crippen LogP contribution in [-0.4, -0.2) is 43.3 Å². The van der Waals surface area contributed by atoms with E-state index >= 15 is 0 Å². The van der Waals surface area contributed by atoms with Gasteiger partial charge in [0.15, 0.2) is 0 Å². The maximum atomic E-state index is 8.58. The minimum atomic E-state index is -0.782. The van der Waals surface area contributed by atoms with E-state index in [0.29, 0.717) is 38.5 Å². The molecule has 6 heteroatoms. The zero-order valence-electron chi connectivity index (χ0n) is 9.63. The molecule has 1 aromatic heterocycles. The molecule has 2 rings (SSSR count). The van der Waals surface area contributed by atoms with E-state index in [-0.39, 0.29) is 6.61 Å². The summed E-state index contributed by atoms with van der Waals surface area (Å²) in [4.78, 5) is 0. The topological polar surface area (TPSA) is 74.0 Å². The zero-order chi connectivity index (χ0) is 12.0. The Kier molecular flexibility index (Phi) is 4.49. The molecule has 0 spiro atoms. The van der Waals surface area contributed by atoms with Crippen LogP contribution in [0.25, 0.3) is 0 Å². The predicted octanol–water partition coefficient (Wildman–Crippen LogP) is 0.663. The Hall–Kier alpha value is -0.950. The van der Waals surface area contributed by atoms with Crippen molar-refractivity contribution in [1.82, 2.24) is 5.16 Å². The van der Waals surface area contributed by atoms with Crippen molar-refractivity contribution in [1.29, 1.82) is 0 Å². The molecule has 0 aliphatic carbocycles. The first-order valence-corrected chi connectivity index (χ1v) is 5.75. The minimum Gasteiger partial charge on any atom is -0.394 e. The predicted molar refractivity (Wildman–Crippen MR) is 57.2 cm³/mol. The van der Waals surface area contributed by atoms with Gasteiger partial charge >= 0.3 is 0 Å². The van der Waals surface area contributed by atoms with E-state index in [1.807, 2.05) is 0 Å². The lowest BCUT2D eigenvalue weighted by molar-refractivity contribution is -0.177. The molecule has 0 saturated carbocycles. The average Bonchev–Trinajstić information content (AvgIpc) is 3.00. The quantitative estimate of drug-likeness (QED) is 0.709. The lowest BCUT2D eigenvalue weighted by Gasteiger charge is -2.24. The Morgan fingerprint density at radius 1 is 1.35 bits per heavy atom. The Morgan fingerprint density at radius 3 is 2.82 bits per heavy atom. The van der Waals surface area contributed by atoms with Crippen molar-refractivity contribution in [2.24, 2.45) is 0 Å². The van der Waals surface area contributed by atoms with E-state index in [4.69, 9.17) is 23.8 Å². The van der Waals surface area contributed by atoms with Crippen LogP contribution in [0.15, 0.2) is 16.9 Å². The molecule has 96 valence electrons. The molecule has 0 bridgehead atoms. The summed E-state index contributed by atoms with van der Waals surface area (Å²) in [6.07, 6.45) is 2.93. The Labute approximate surface area is 99.4 Å². The number of hydrogen-bond acceptors (Lipinski definition) is 6. The smallest absolute Gasteiger partial charge is 0.215 e. The van der Waals surface area contributed by atoms with Crippen LogP contribution in [0, 0.1) is 0 Å². The number of rotatable bonds is 7. The van der Waals surface area contributed by atoms with Crippen LogP contribution in [0.4, 0.5) is 0 Å². The lowest BCUT2D eigenvalue weighted by Crippen LogP contribution is -2.28. The first-order chi connectivity index (χ1) is 8.37. The van der Waals surface area contributed by atoms with E-state index in [1.54, 1.807) is 6.07 Å². The highest BCUT2D eigenvalue weighted by molar-refractivity contribution is 5.06. The fourth-order valence-corrected chi connectivity index (χ4v) is 1.86. The number of aliphatic hydroxyl groups excluding tert-OH is 1. The third-order valence-electron chi connectivity index (χ3n) is 2.61. The third-order valence-corrected chi connectivity index (χ3v) is 2.61. The lowest BCUT2D eigenvalue weighted by atomic mass is 10.1. The molecule has 0 aromatic carbocycles. The van der Waals surface area contributed by atoms with E-state index in [0.717, 1.165) is 6.42 Å². The summed E-state index contributed by atoms with van der Waals surface area (Å²) in [5.74, 6) is -0.782. The van der Waals surface area contributed by atoms with Gasteiger partial charge in [0.1, 0.15) is 12.0 Å². The van der Waals surface area contributed by atoms with Crippen LogP contribution < -0.4 is 0 Å². The highest BCUT2D eigenvalue weighted by atomic mass is 16.7. The van der Waals surface area contributed by atoms with E-state index in [2.05, 4.69) is 5.16 Å². The van der Waals surface area contributed by atoms with E-state index < -0.39 is 5.79 Å². The van der Waals surface area contributed by atoms with Crippen molar-refractivity contribution >= 4 is 0 Å². The van der Waals surface area contributed by atoms with Crippen molar-refractivity contribution in [2.45, 2.75) is 18.6 Å². The van der Waals surface area contributed by atoms with Crippen molar-refractivity contribution in [3.63, 3.8) is 0 Å². The second-order valence-electron chi connectivity index (χ2n) is 3.77. The maximum Gasteiger partial charge on any atom is 0.215 e. The van der Waals surface area contributed by atoms with Gasteiger partial charge in [0.05, 0.1) is 26.4 Å². The fourth-order valence-electron chi connectivity index (χ4n) is 1.86. The molecule has 1 aliphatic heterocycles. The first kappa shape index (κ1) is 12.5. The molecule has 0 unspecified atom stereocenters. The highest BCUT2D eigenvalue weighted by Gasteiger charge is 2.40. The first-order valence-electron chi connectivity index (χ1n) is 5.75. The second-order valence-corrected chi connectivity index (χ2v) is 3.77. The van der Waals surface area contributed by atoms with Crippen LogP contribution >= 0.6 is 0 Å². The summed E-state index contributed by atoms with van der Waals surface area (Å²) in [7, 11) is 0. The molecule has 0 radical (unpaired) electrons. The van der Waals surface area contributed by atoms with E-state index in [1.165, 1.54) is 6.26 Å². The maximum absolute atomic E-state index is 8.58. The van der Waals surface area contributed by atoms with Crippen molar-refractivity contribution in [3.05, 3.63) is 18.0 Å². The van der Waals surface area contributed by atoms with Gasteiger partial charge in [-0.1, -0.05) is 5.16 Å². The summed E-state index contributed by atoms with van der Waals surface area (Å²) in [6, 6.07) is 1.75. The van der Waals surface area contributed by atoms with Gasteiger partial charge in [0.25, 0.3) is 0 Å². The molecular weight excluding hydrogens is 226 g/mol. The molecular formula is C11H17NO5. The summed E-state index contributed by atoms with van der Waals surface area (Å²) >= 11 is 0. The molecule has 1 N–H and O–H groups in total. The second kappa shape index (κ2) is 6.11. The third kappa shape index (κ3) is 3.04. The van der Waals surface area contributed by atoms with Crippen LogP contribution in [-0.2, 0) is 20.0 Å². The van der Waals surface area contributed by atoms with E-state index in [9.17, 15) is 0 Å². The van der Waals surface area contributed by atoms with Gasteiger partial charge in [-0.2, -0.15) is 0 Å². The van der Waals surface area contributed by atoms with Crippen LogP contribution in [0.1, 0.15) is 18.5 Å². The summed E-state index contributed by atoms with van der Waals surface area (Å²) in [5.41, 5.74) is 0.664. The molecule has 0 atom stereocenters. The molecule has 17 heavy (non-hydrogen) atoms. The molecule has 1 saturated heterocycles. The normalized spacial score (nSPS) is 18.6. The summed E-state index contributed by atoms with van der Waals surface area (Å²) in [6.45, 7) is 2.09. The molecule has 0 amide bonds. The number of hydrogen-bond donors (Lipinski definition) is 1. The molecule has 1 aliphatic rings. The SMILES string of the molecule is OCCOCCCC1(c2ccon2)OCCO1. The van der Waals surface area contributed by atoms with Crippen molar-refractivity contribution in [3.8, 4) is 0 Å². The fraction of sp³-hybridized carbons (Fsp3) is 0.727. The van der Waals surface area contributed by atoms with Crippen LogP contribution in [0.3, 0.4) is 0 Å². The van der Waals surface area contributed by atoms with Gasteiger partial charge in [0.2, 0.25) is 5.79 Å². The van der Waals surface area contributed by atoms with Gasteiger partial charge in [-0.3, -0.25) is 0 Å². The molecule has 2 heterocycles. The minimum absolute atomic E-state index is 0.0431. The van der Waals surface area contributed by atoms with Crippen LogP contribution in [0.5, 0.6) is 0 Å². The standard InChI is InChI=1S/C11H17NO5/c13-4-7-14-5-1-3-11(15-8-9-16-11)10-2-6-17-12-10/h2,6,13H,1,3-5,7-9H2. The number of aromatic nitrogens is 1. The van der Waals surface area contributed by atoms with Gasteiger partial charge in [-0.15, -0.1) is 0 Å². The van der Waals surface area contributed by atoms with Gasteiger partial charge < -0.3 is 23.8 Å². The largest absolute Gasteiger partial charge is 0.394 e. The number of ether oxygens (including phenoxy) is 3. The van der Waals surface area contributed by atoms with Gasteiger partial charge in [0, 0.05) is 19.1 Å².